The number of halogens is 9. The average Bonchev–Trinajstić information content (AvgIpc) is 2.73. The number of rotatable bonds is 10. The van der Waals surface area contributed by atoms with Gasteiger partial charge in [0.25, 0.3) is 0 Å². The van der Waals surface area contributed by atoms with E-state index in [1.807, 2.05) is 24.3 Å². The highest BCUT2D eigenvalue weighted by Crippen LogP contribution is 2.57. The molecule has 0 aromatic heterocycles. The molecule has 1 fully saturated rings. The first kappa shape index (κ1) is 26.8. The molecule has 0 heterocycles. The summed E-state index contributed by atoms with van der Waals surface area (Å²) >= 11 is 0. The number of alkyl halides is 9. The van der Waals surface area contributed by atoms with E-state index in [0.29, 0.717) is 0 Å². The van der Waals surface area contributed by atoms with Gasteiger partial charge in [-0.2, -0.15) is 39.5 Å². The van der Waals surface area contributed by atoms with Crippen LogP contribution in [-0.4, -0.2) is 23.9 Å². The van der Waals surface area contributed by atoms with E-state index >= 15 is 0 Å². The van der Waals surface area contributed by atoms with Gasteiger partial charge < -0.3 is 0 Å². The van der Waals surface area contributed by atoms with Gasteiger partial charge in [-0.05, 0) is 55.6 Å². The van der Waals surface area contributed by atoms with E-state index in [1.54, 1.807) is 0 Å². The summed E-state index contributed by atoms with van der Waals surface area (Å²) in [4.78, 5) is 0. The van der Waals surface area contributed by atoms with E-state index < -0.39 is 42.7 Å². The molecule has 1 saturated carbocycles. The molecule has 0 unspecified atom stereocenters. The third kappa shape index (κ3) is 5.56. The fourth-order valence-electron chi connectivity index (χ4n) is 4.32. The first-order chi connectivity index (χ1) is 14.8. The molecule has 0 radical (unpaired) electrons. The maximum Gasteiger partial charge on any atom is 0.460 e. The maximum absolute atomic E-state index is 14.2. The summed E-state index contributed by atoms with van der Waals surface area (Å²) in [7, 11) is 0. The number of benzene rings is 1. The van der Waals surface area contributed by atoms with Crippen molar-refractivity contribution < 1.29 is 39.5 Å². The second-order valence-electron chi connectivity index (χ2n) is 8.72. The lowest BCUT2D eigenvalue weighted by Gasteiger charge is -2.40. The zero-order valence-electron chi connectivity index (χ0n) is 17.9. The van der Waals surface area contributed by atoms with Crippen molar-refractivity contribution in [2.45, 2.75) is 101 Å². The van der Waals surface area contributed by atoms with Crippen molar-refractivity contribution in [2.75, 3.05) is 0 Å². The third-order valence-corrected chi connectivity index (χ3v) is 6.43. The minimum absolute atomic E-state index is 0.0181. The van der Waals surface area contributed by atoms with Crippen LogP contribution in [0, 0.1) is 5.92 Å². The number of aryl methyl sites for hydroxylation is 1. The number of hydrogen-bond donors (Lipinski definition) is 0. The largest absolute Gasteiger partial charge is 0.460 e. The van der Waals surface area contributed by atoms with Crippen molar-refractivity contribution in [2.24, 2.45) is 5.92 Å². The van der Waals surface area contributed by atoms with Gasteiger partial charge in [0.2, 0.25) is 0 Å². The van der Waals surface area contributed by atoms with Crippen LogP contribution in [-0.2, 0) is 6.42 Å². The molecule has 1 aromatic rings. The lowest BCUT2D eigenvalue weighted by molar-refractivity contribution is -0.404. The van der Waals surface area contributed by atoms with Gasteiger partial charge in [-0.3, -0.25) is 0 Å². The van der Waals surface area contributed by atoms with E-state index in [2.05, 4.69) is 6.92 Å². The minimum atomic E-state index is -6.81. The van der Waals surface area contributed by atoms with E-state index in [-0.39, 0.29) is 18.8 Å². The second kappa shape index (κ2) is 10.2. The molecule has 0 saturated heterocycles. The molecular weight excluding hydrogens is 447 g/mol. The number of unbranched alkanes of at least 4 members (excludes halogenated alkanes) is 4. The average molecular weight is 476 g/mol. The summed E-state index contributed by atoms with van der Waals surface area (Å²) < 4.78 is 119. The lowest BCUT2D eigenvalue weighted by atomic mass is 9.74. The molecule has 0 aliphatic heterocycles. The van der Waals surface area contributed by atoms with Crippen molar-refractivity contribution in [3.63, 3.8) is 0 Å². The normalized spacial score (nSPS) is 21.1. The molecule has 0 spiro atoms. The number of hydrogen-bond acceptors (Lipinski definition) is 0. The Labute approximate surface area is 182 Å². The van der Waals surface area contributed by atoms with Gasteiger partial charge in [0.1, 0.15) is 0 Å². The summed E-state index contributed by atoms with van der Waals surface area (Å²) in [5.74, 6) is -21.3. The first-order valence-corrected chi connectivity index (χ1v) is 11.0. The van der Waals surface area contributed by atoms with Gasteiger partial charge in [0, 0.05) is 5.92 Å². The predicted octanol–water partition coefficient (Wildman–Crippen LogP) is 8.94. The van der Waals surface area contributed by atoms with Crippen LogP contribution < -0.4 is 0 Å². The minimum Gasteiger partial charge on any atom is -0.199 e. The summed E-state index contributed by atoms with van der Waals surface area (Å²) in [6, 6.07) is 7.54. The fraction of sp³-hybridized carbons (Fsp3) is 0.739. The maximum atomic E-state index is 14.2. The molecule has 9 heteroatoms. The Morgan fingerprint density at radius 1 is 0.688 bits per heavy atom. The second-order valence-corrected chi connectivity index (χ2v) is 8.72. The van der Waals surface area contributed by atoms with Crippen LogP contribution in [0.15, 0.2) is 24.3 Å². The molecule has 32 heavy (non-hydrogen) atoms. The monoisotopic (exact) mass is 476 g/mol. The standard InChI is InChI=1S/C23H29F9/c1-2-3-4-5-6-7-16-8-10-17(11-9-16)18-12-14-19(15-13-18)20(24,25)21(26,27)22(28,29)23(30,31)32/h8-11,18-19H,2-7,12-15H2,1H3. The van der Waals surface area contributed by atoms with E-state index in [4.69, 9.17) is 0 Å². The molecule has 1 aliphatic carbocycles. The molecule has 2 rings (SSSR count). The van der Waals surface area contributed by atoms with Crippen molar-refractivity contribution in [3.8, 4) is 0 Å². The molecule has 0 bridgehead atoms. The summed E-state index contributed by atoms with van der Waals surface area (Å²) in [6.45, 7) is 2.14. The van der Waals surface area contributed by atoms with Gasteiger partial charge >= 0.3 is 23.9 Å². The highest BCUT2D eigenvalue weighted by Gasteiger charge is 2.82. The predicted molar refractivity (Wildman–Crippen MR) is 105 cm³/mol. The highest BCUT2D eigenvalue weighted by molar-refractivity contribution is 5.26. The van der Waals surface area contributed by atoms with Crippen LogP contribution in [0.4, 0.5) is 39.5 Å². The molecule has 1 aliphatic rings. The van der Waals surface area contributed by atoms with Crippen molar-refractivity contribution in [1.29, 1.82) is 0 Å². The molecule has 0 N–H and O–H groups in total. The molecule has 0 atom stereocenters. The van der Waals surface area contributed by atoms with Crippen LogP contribution >= 0.6 is 0 Å². The Hall–Kier alpha value is -1.41. The van der Waals surface area contributed by atoms with Gasteiger partial charge in [-0.25, -0.2) is 0 Å². The fourth-order valence-corrected chi connectivity index (χ4v) is 4.32. The first-order valence-electron chi connectivity index (χ1n) is 11.0. The van der Waals surface area contributed by atoms with Crippen LogP contribution in [0.5, 0.6) is 0 Å². The Balaban J connectivity index is 1.96. The van der Waals surface area contributed by atoms with Crippen LogP contribution in [0.1, 0.15) is 81.8 Å². The van der Waals surface area contributed by atoms with Gasteiger partial charge in [-0.15, -0.1) is 0 Å². The smallest absolute Gasteiger partial charge is 0.199 e. The van der Waals surface area contributed by atoms with Crippen molar-refractivity contribution in [1.82, 2.24) is 0 Å². The zero-order chi connectivity index (χ0) is 24.2. The Bertz CT molecular complexity index is 699. The zero-order valence-corrected chi connectivity index (χ0v) is 17.9. The van der Waals surface area contributed by atoms with Crippen LogP contribution in [0.25, 0.3) is 0 Å². The highest BCUT2D eigenvalue weighted by atomic mass is 19.4. The quantitative estimate of drug-likeness (QED) is 0.234. The molecule has 0 amide bonds. The van der Waals surface area contributed by atoms with Crippen molar-refractivity contribution >= 4 is 0 Å². The Morgan fingerprint density at radius 3 is 1.72 bits per heavy atom. The van der Waals surface area contributed by atoms with Crippen LogP contribution in [0.2, 0.25) is 0 Å². The Morgan fingerprint density at radius 2 is 1.22 bits per heavy atom. The van der Waals surface area contributed by atoms with E-state index in [1.165, 1.54) is 12.8 Å². The molecular formula is C23H29F9. The molecule has 184 valence electrons. The summed E-state index contributed by atoms with van der Waals surface area (Å²) in [6.07, 6.45) is -1.22. The van der Waals surface area contributed by atoms with E-state index in [0.717, 1.165) is 36.8 Å². The third-order valence-electron chi connectivity index (χ3n) is 6.43. The van der Waals surface area contributed by atoms with Gasteiger partial charge in [0.15, 0.2) is 0 Å². The topological polar surface area (TPSA) is 0 Å². The van der Waals surface area contributed by atoms with Crippen LogP contribution in [0.3, 0.4) is 0 Å². The Kier molecular flexibility index (Phi) is 8.59. The lowest BCUT2D eigenvalue weighted by Crippen LogP contribution is -2.63. The summed E-state index contributed by atoms with van der Waals surface area (Å²) in [5.41, 5.74) is 1.95. The van der Waals surface area contributed by atoms with E-state index in [9.17, 15) is 39.5 Å². The van der Waals surface area contributed by atoms with Gasteiger partial charge in [-0.1, -0.05) is 56.9 Å². The van der Waals surface area contributed by atoms with Gasteiger partial charge in [0.05, 0.1) is 0 Å². The molecule has 1 aromatic carbocycles. The van der Waals surface area contributed by atoms with Crippen molar-refractivity contribution in [3.05, 3.63) is 35.4 Å². The SMILES string of the molecule is CCCCCCCc1ccc(C2CCC(C(F)(F)C(F)(F)C(F)(F)C(F)(F)F)CC2)cc1. The summed E-state index contributed by atoms with van der Waals surface area (Å²) in [5, 5.41) is 0. The molecule has 0 nitrogen and oxygen atoms in total.